The van der Waals surface area contributed by atoms with Crippen molar-refractivity contribution in [3.8, 4) is 0 Å². The van der Waals surface area contributed by atoms with Crippen molar-refractivity contribution in [1.29, 1.82) is 0 Å². The average molecular weight is 563 g/mol. The molecule has 0 radical (unpaired) electrons. The van der Waals surface area contributed by atoms with Gasteiger partial charge in [0.15, 0.2) is 0 Å². The zero-order chi connectivity index (χ0) is 28.2. The first kappa shape index (κ1) is 36.2. The lowest BCUT2D eigenvalue weighted by molar-refractivity contribution is 0.125. The van der Waals surface area contributed by atoms with Gasteiger partial charge >= 0.3 is 15.6 Å². The molecule has 0 bridgehead atoms. The largest absolute Gasteiger partial charge is 0.484 e. The Labute approximate surface area is 227 Å². The lowest BCUT2D eigenvalue weighted by Crippen LogP contribution is -2.08. The minimum absolute atomic E-state index is 0.0138. The Morgan fingerprint density at radius 2 is 0.703 bits per heavy atom. The maximum absolute atomic E-state index is 13.7. The molecule has 37 heavy (non-hydrogen) atoms. The van der Waals surface area contributed by atoms with Crippen LogP contribution < -0.4 is 0 Å². The topological polar surface area (TPSA) is 80.3 Å². The van der Waals surface area contributed by atoms with E-state index < -0.39 is 15.6 Å². The summed E-state index contributed by atoms with van der Waals surface area (Å²) in [4.78, 5) is 0. The summed E-state index contributed by atoms with van der Waals surface area (Å²) in [6.07, 6.45) is 15.4. The summed E-state index contributed by atoms with van der Waals surface area (Å²) in [5.41, 5.74) is 3.50. The van der Waals surface area contributed by atoms with Crippen molar-refractivity contribution in [2.75, 3.05) is 26.4 Å². The molecule has 0 spiro atoms. The molecule has 0 aliphatic rings. The second-order valence-electron chi connectivity index (χ2n) is 9.43. The van der Waals surface area contributed by atoms with E-state index in [1.165, 1.54) is 0 Å². The molecule has 0 heterocycles. The predicted octanol–water partition coefficient (Wildman–Crippen LogP) is 10.3. The molecular formula is C28H52O7P2. The van der Waals surface area contributed by atoms with Gasteiger partial charge in [-0.15, -0.1) is 0 Å². The number of hydrogen-bond donors (Lipinski definition) is 0. The fourth-order valence-electron chi connectivity index (χ4n) is 2.81. The molecule has 0 aromatic rings. The van der Waals surface area contributed by atoms with Gasteiger partial charge in [0.2, 0.25) is 0 Å². The molecule has 0 fully saturated rings. The van der Waals surface area contributed by atoms with Crippen LogP contribution in [0.1, 0.15) is 107 Å². The van der Waals surface area contributed by atoms with Gasteiger partial charge in [0.05, 0.1) is 26.4 Å². The molecule has 0 saturated carbocycles. The molecule has 0 aliphatic carbocycles. The van der Waals surface area contributed by atoms with Crippen LogP contribution in [0.15, 0.2) is 46.6 Å². The van der Waals surface area contributed by atoms with Crippen LogP contribution in [-0.2, 0) is 31.5 Å². The fraction of sp³-hybridized carbons (Fsp3) is 0.714. The van der Waals surface area contributed by atoms with Crippen LogP contribution >= 0.6 is 15.6 Å². The van der Waals surface area contributed by atoms with E-state index in [0.29, 0.717) is 0 Å². The van der Waals surface area contributed by atoms with Crippen molar-refractivity contribution in [2.24, 2.45) is 0 Å². The monoisotopic (exact) mass is 562 g/mol. The van der Waals surface area contributed by atoms with E-state index >= 15 is 0 Å². The molecule has 0 aromatic heterocycles. The lowest BCUT2D eigenvalue weighted by atomic mass is 10.2. The van der Waals surface area contributed by atoms with E-state index in [0.717, 1.165) is 73.7 Å². The number of hydrogen-bond acceptors (Lipinski definition) is 7. The van der Waals surface area contributed by atoms with Gasteiger partial charge in [0.1, 0.15) is 0 Å². The van der Waals surface area contributed by atoms with Crippen molar-refractivity contribution < 1.29 is 31.5 Å². The third kappa shape index (κ3) is 19.0. The van der Waals surface area contributed by atoms with Gasteiger partial charge in [0, 0.05) is 0 Å². The average Bonchev–Trinajstić information content (AvgIpc) is 2.88. The predicted molar refractivity (Wildman–Crippen MR) is 155 cm³/mol. The number of phosphoric ester groups is 2. The maximum atomic E-state index is 13.7. The maximum Gasteiger partial charge on any atom is 0.484 e. The number of unbranched alkanes of at least 4 members (excludes halogenated alkanes) is 4. The van der Waals surface area contributed by atoms with Crippen molar-refractivity contribution in [2.45, 2.75) is 107 Å². The van der Waals surface area contributed by atoms with E-state index in [-0.39, 0.29) is 26.4 Å². The summed E-state index contributed by atoms with van der Waals surface area (Å²) in [5, 5.41) is 0. The van der Waals surface area contributed by atoms with Crippen LogP contribution in [0.2, 0.25) is 0 Å². The Bertz CT molecular complexity index is 715. The SMILES string of the molecule is CCC/C=C(\C)COP(=O)(OC/C(C)=C/CCC)OP(=O)(OC/C(C)=C/CCC)OC/C(C)=C/CCC. The van der Waals surface area contributed by atoms with Gasteiger partial charge < -0.3 is 0 Å². The molecular weight excluding hydrogens is 510 g/mol. The van der Waals surface area contributed by atoms with Gasteiger partial charge in [-0.2, -0.15) is 4.31 Å². The highest BCUT2D eigenvalue weighted by Crippen LogP contribution is 2.66. The highest BCUT2D eigenvalue weighted by Gasteiger charge is 2.41. The quantitative estimate of drug-likeness (QED) is 0.0959. The molecule has 0 aliphatic heterocycles. The van der Waals surface area contributed by atoms with E-state index in [9.17, 15) is 9.13 Å². The molecule has 0 saturated heterocycles. The molecule has 216 valence electrons. The Hall–Kier alpha value is -0.780. The van der Waals surface area contributed by atoms with Crippen molar-refractivity contribution in [1.82, 2.24) is 0 Å². The fourth-order valence-corrected chi connectivity index (χ4v) is 6.14. The van der Waals surface area contributed by atoms with Crippen LogP contribution in [0.3, 0.4) is 0 Å². The summed E-state index contributed by atoms with van der Waals surface area (Å²) >= 11 is 0. The normalized spacial score (nSPS) is 15.8. The zero-order valence-corrected chi connectivity index (χ0v) is 26.3. The summed E-state index contributed by atoms with van der Waals surface area (Å²) in [6.45, 7) is 15.9. The molecule has 0 N–H and O–H groups in total. The second kappa shape index (κ2) is 21.1. The van der Waals surface area contributed by atoms with E-state index in [1.54, 1.807) is 0 Å². The second-order valence-corrected chi connectivity index (χ2v) is 12.9. The highest BCUT2D eigenvalue weighted by atomic mass is 31.3. The van der Waals surface area contributed by atoms with Gasteiger partial charge in [-0.1, -0.05) is 100.0 Å². The molecule has 0 aromatic carbocycles. The molecule has 0 rings (SSSR count). The van der Waals surface area contributed by atoms with E-state index in [1.807, 2.05) is 52.0 Å². The van der Waals surface area contributed by atoms with Crippen LogP contribution in [0, 0.1) is 0 Å². The molecule has 0 atom stereocenters. The summed E-state index contributed by atoms with van der Waals surface area (Å²) in [6, 6.07) is 0. The minimum Gasteiger partial charge on any atom is -0.282 e. The molecule has 9 heteroatoms. The summed E-state index contributed by atoms with van der Waals surface area (Å²) < 4.78 is 55.6. The van der Waals surface area contributed by atoms with Crippen molar-refractivity contribution in [3.05, 3.63) is 46.6 Å². The van der Waals surface area contributed by atoms with Gasteiger partial charge in [-0.3, -0.25) is 18.1 Å². The lowest BCUT2D eigenvalue weighted by Gasteiger charge is -2.24. The number of allylic oxidation sites excluding steroid dienone is 4. The van der Waals surface area contributed by atoms with Crippen LogP contribution in [0.4, 0.5) is 0 Å². The van der Waals surface area contributed by atoms with Crippen molar-refractivity contribution in [3.63, 3.8) is 0 Å². The van der Waals surface area contributed by atoms with Gasteiger partial charge in [-0.25, -0.2) is 9.13 Å². The first-order valence-electron chi connectivity index (χ1n) is 13.6. The van der Waals surface area contributed by atoms with E-state index in [4.69, 9.17) is 22.4 Å². The Kier molecular flexibility index (Phi) is 20.6. The van der Waals surface area contributed by atoms with Gasteiger partial charge in [-0.05, 0) is 53.4 Å². The zero-order valence-electron chi connectivity index (χ0n) is 24.5. The van der Waals surface area contributed by atoms with Crippen molar-refractivity contribution >= 4 is 15.6 Å². The number of rotatable bonds is 22. The first-order chi connectivity index (χ1) is 17.5. The number of phosphoric acid groups is 2. The molecule has 7 nitrogen and oxygen atoms in total. The smallest absolute Gasteiger partial charge is 0.282 e. The van der Waals surface area contributed by atoms with Crippen LogP contribution in [0.5, 0.6) is 0 Å². The van der Waals surface area contributed by atoms with Crippen LogP contribution in [0.25, 0.3) is 0 Å². The molecule has 0 amide bonds. The standard InChI is InChI=1S/C28H52O7P2/c1-9-13-17-25(5)21-31-36(29,32-22-26(6)18-14-10-2)35-37(30,33-23-27(7)19-15-11-3)34-24-28(8)20-16-12-4/h17-20H,9-16,21-24H2,1-8H3/b25-17+,26-18+,27-19+,28-20+. The van der Waals surface area contributed by atoms with E-state index in [2.05, 4.69) is 27.7 Å². The molecule has 0 unspecified atom stereocenters. The third-order valence-corrected chi connectivity index (χ3v) is 8.51. The Balaban J connectivity index is 5.89. The highest BCUT2D eigenvalue weighted by molar-refractivity contribution is 7.62. The Morgan fingerprint density at radius 3 is 0.892 bits per heavy atom. The third-order valence-electron chi connectivity index (χ3n) is 5.13. The van der Waals surface area contributed by atoms with Gasteiger partial charge in [0.25, 0.3) is 0 Å². The minimum atomic E-state index is -4.31. The summed E-state index contributed by atoms with van der Waals surface area (Å²) in [7, 11) is -8.62. The van der Waals surface area contributed by atoms with Crippen LogP contribution in [-0.4, -0.2) is 26.4 Å². The summed E-state index contributed by atoms with van der Waals surface area (Å²) in [5.74, 6) is 0. The first-order valence-corrected chi connectivity index (χ1v) is 16.6. The Morgan fingerprint density at radius 1 is 0.486 bits per heavy atom.